The maximum atomic E-state index is 13.8. The first-order chi connectivity index (χ1) is 10.0. The van der Waals surface area contributed by atoms with Crippen molar-refractivity contribution in [1.82, 2.24) is 0 Å². The zero-order valence-electron chi connectivity index (χ0n) is 12.3. The second-order valence-electron chi connectivity index (χ2n) is 4.79. The van der Waals surface area contributed by atoms with Crippen molar-refractivity contribution in [3.8, 4) is 5.75 Å². The van der Waals surface area contributed by atoms with Crippen LogP contribution in [0, 0.1) is 19.7 Å². The number of esters is 1. The molecule has 4 heteroatoms. The molecule has 0 fully saturated rings. The molecule has 0 aliphatic carbocycles. The minimum atomic E-state index is -0.686. The minimum Gasteiger partial charge on any atom is -0.489 e. The Labute approximate surface area is 123 Å². The molecule has 0 N–H and O–H groups in total. The summed E-state index contributed by atoms with van der Waals surface area (Å²) < 4.78 is 24.0. The van der Waals surface area contributed by atoms with Gasteiger partial charge in [0, 0.05) is 0 Å². The number of methoxy groups -OCH3 is 1. The normalized spacial score (nSPS) is 10.3. The van der Waals surface area contributed by atoms with Crippen molar-refractivity contribution >= 4 is 5.97 Å². The molecule has 0 aliphatic rings. The molecule has 0 spiro atoms. The van der Waals surface area contributed by atoms with E-state index in [4.69, 9.17) is 4.74 Å². The predicted octanol–water partition coefficient (Wildman–Crippen LogP) is 3.81. The van der Waals surface area contributed by atoms with E-state index < -0.39 is 11.8 Å². The number of carbonyl (C=O) groups excluding carboxylic acids is 1. The van der Waals surface area contributed by atoms with Crippen LogP contribution in [0.3, 0.4) is 0 Å². The number of hydrogen-bond acceptors (Lipinski definition) is 3. The van der Waals surface area contributed by atoms with Gasteiger partial charge in [0.2, 0.25) is 0 Å². The molecule has 0 aromatic heterocycles. The van der Waals surface area contributed by atoms with E-state index in [-0.39, 0.29) is 12.2 Å². The summed E-state index contributed by atoms with van der Waals surface area (Å²) in [6, 6.07) is 10.1. The van der Waals surface area contributed by atoms with Gasteiger partial charge in [-0.15, -0.1) is 0 Å². The lowest BCUT2D eigenvalue weighted by molar-refractivity contribution is 0.0595. The average molecular weight is 288 g/mol. The van der Waals surface area contributed by atoms with Crippen LogP contribution in [0.5, 0.6) is 5.75 Å². The molecule has 0 saturated heterocycles. The van der Waals surface area contributed by atoms with Crippen LogP contribution in [0.4, 0.5) is 4.39 Å². The molecule has 0 bridgehead atoms. The monoisotopic (exact) mass is 288 g/mol. The maximum Gasteiger partial charge on any atom is 0.340 e. The van der Waals surface area contributed by atoms with Crippen LogP contribution in [-0.2, 0) is 11.3 Å². The Morgan fingerprint density at radius 2 is 1.95 bits per heavy atom. The Balaban J connectivity index is 2.12. The molecule has 2 aromatic rings. The highest BCUT2D eigenvalue weighted by Crippen LogP contribution is 2.22. The van der Waals surface area contributed by atoms with E-state index in [1.807, 2.05) is 32.0 Å². The summed E-state index contributed by atoms with van der Waals surface area (Å²) in [6.07, 6.45) is 0. The number of halogens is 1. The first-order valence-electron chi connectivity index (χ1n) is 6.58. The quantitative estimate of drug-likeness (QED) is 0.803. The number of benzene rings is 2. The SMILES string of the molecule is COC(=O)c1ccc(COc2cccc(C)c2C)cc1F. The number of rotatable bonds is 4. The molecule has 0 aliphatic heterocycles. The van der Waals surface area contributed by atoms with E-state index in [9.17, 15) is 9.18 Å². The van der Waals surface area contributed by atoms with E-state index in [0.717, 1.165) is 16.9 Å². The van der Waals surface area contributed by atoms with E-state index in [1.54, 1.807) is 6.07 Å². The highest BCUT2D eigenvalue weighted by molar-refractivity contribution is 5.89. The van der Waals surface area contributed by atoms with Gasteiger partial charge in [0.05, 0.1) is 12.7 Å². The second kappa shape index (κ2) is 6.39. The number of aryl methyl sites for hydroxylation is 1. The van der Waals surface area contributed by atoms with Crippen LogP contribution >= 0.6 is 0 Å². The summed E-state index contributed by atoms with van der Waals surface area (Å²) in [6.45, 7) is 4.22. The summed E-state index contributed by atoms with van der Waals surface area (Å²) >= 11 is 0. The van der Waals surface area contributed by atoms with Crippen molar-refractivity contribution in [1.29, 1.82) is 0 Å². The van der Waals surface area contributed by atoms with Gasteiger partial charge < -0.3 is 9.47 Å². The number of ether oxygens (including phenoxy) is 2. The van der Waals surface area contributed by atoms with Gasteiger partial charge in [-0.1, -0.05) is 18.2 Å². The van der Waals surface area contributed by atoms with Crippen LogP contribution in [0.1, 0.15) is 27.0 Å². The maximum absolute atomic E-state index is 13.8. The molecule has 0 unspecified atom stereocenters. The number of carbonyl (C=O) groups is 1. The third kappa shape index (κ3) is 3.40. The highest BCUT2D eigenvalue weighted by atomic mass is 19.1. The first-order valence-corrected chi connectivity index (χ1v) is 6.58. The summed E-state index contributed by atoms with van der Waals surface area (Å²) in [5, 5.41) is 0. The average Bonchev–Trinajstić information content (AvgIpc) is 2.48. The van der Waals surface area contributed by atoms with Gasteiger partial charge in [0.15, 0.2) is 0 Å². The molecule has 110 valence electrons. The van der Waals surface area contributed by atoms with Crippen molar-refractivity contribution in [2.24, 2.45) is 0 Å². The molecular formula is C17H17FO3. The summed E-state index contributed by atoms with van der Waals surface area (Å²) in [7, 11) is 1.22. The Bertz CT molecular complexity index is 665. The van der Waals surface area contributed by atoms with Crippen molar-refractivity contribution in [3.05, 3.63) is 64.5 Å². The standard InChI is InChI=1S/C17H17FO3/c1-11-5-4-6-16(12(11)2)21-10-13-7-8-14(15(18)9-13)17(19)20-3/h4-9H,10H2,1-3H3. The minimum absolute atomic E-state index is 0.0759. The van der Waals surface area contributed by atoms with Gasteiger partial charge in [-0.05, 0) is 48.7 Å². The molecule has 0 saturated carbocycles. The van der Waals surface area contributed by atoms with Gasteiger partial charge in [0.1, 0.15) is 18.2 Å². The molecule has 0 heterocycles. The highest BCUT2D eigenvalue weighted by Gasteiger charge is 2.12. The largest absolute Gasteiger partial charge is 0.489 e. The Morgan fingerprint density at radius 1 is 1.19 bits per heavy atom. The van der Waals surface area contributed by atoms with E-state index >= 15 is 0 Å². The van der Waals surface area contributed by atoms with Crippen LogP contribution in [0.25, 0.3) is 0 Å². The lowest BCUT2D eigenvalue weighted by Gasteiger charge is -2.11. The van der Waals surface area contributed by atoms with Crippen molar-refractivity contribution < 1.29 is 18.7 Å². The summed E-state index contributed by atoms with van der Waals surface area (Å²) in [4.78, 5) is 11.3. The zero-order valence-corrected chi connectivity index (χ0v) is 12.3. The molecule has 0 amide bonds. The second-order valence-corrected chi connectivity index (χ2v) is 4.79. The van der Waals surface area contributed by atoms with Gasteiger partial charge in [-0.25, -0.2) is 9.18 Å². The van der Waals surface area contributed by atoms with E-state index in [2.05, 4.69) is 4.74 Å². The Kier molecular flexibility index (Phi) is 4.58. The Morgan fingerprint density at radius 3 is 2.62 bits per heavy atom. The summed E-state index contributed by atoms with van der Waals surface area (Å²) in [5.41, 5.74) is 2.78. The van der Waals surface area contributed by atoms with Gasteiger partial charge >= 0.3 is 5.97 Å². The Hall–Kier alpha value is -2.36. The van der Waals surface area contributed by atoms with Gasteiger partial charge in [0.25, 0.3) is 0 Å². The molecule has 0 atom stereocenters. The first kappa shape index (κ1) is 15.0. The van der Waals surface area contributed by atoms with Crippen molar-refractivity contribution in [2.45, 2.75) is 20.5 Å². The van der Waals surface area contributed by atoms with Gasteiger partial charge in [-0.2, -0.15) is 0 Å². The molecule has 2 rings (SSSR count). The lowest BCUT2D eigenvalue weighted by Crippen LogP contribution is -2.06. The zero-order chi connectivity index (χ0) is 15.4. The molecular weight excluding hydrogens is 271 g/mol. The number of hydrogen-bond donors (Lipinski definition) is 0. The van der Waals surface area contributed by atoms with Crippen molar-refractivity contribution in [3.63, 3.8) is 0 Å². The fourth-order valence-electron chi connectivity index (χ4n) is 1.97. The van der Waals surface area contributed by atoms with Crippen LogP contribution in [0.15, 0.2) is 36.4 Å². The molecule has 2 aromatic carbocycles. The fraction of sp³-hybridized carbons (Fsp3) is 0.235. The molecule has 21 heavy (non-hydrogen) atoms. The fourth-order valence-corrected chi connectivity index (χ4v) is 1.97. The van der Waals surface area contributed by atoms with Crippen LogP contribution in [-0.4, -0.2) is 13.1 Å². The third-order valence-corrected chi connectivity index (χ3v) is 3.39. The topological polar surface area (TPSA) is 35.5 Å². The summed E-state index contributed by atoms with van der Waals surface area (Å²) in [5.74, 6) is -0.522. The van der Waals surface area contributed by atoms with E-state index in [1.165, 1.54) is 19.2 Å². The predicted molar refractivity (Wildman–Crippen MR) is 78.0 cm³/mol. The smallest absolute Gasteiger partial charge is 0.340 e. The lowest BCUT2D eigenvalue weighted by atomic mass is 10.1. The van der Waals surface area contributed by atoms with Crippen LogP contribution < -0.4 is 4.74 Å². The van der Waals surface area contributed by atoms with Crippen molar-refractivity contribution in [2.75, 3.05) is 7.11 Å². The molecule has 0 radical (unpaired) electrons. The molecule has 3 nitrogen and oxygen atoms in total. The third-order valence-electron chi connectivity index (χ3n) is 3.39. The van der Waals surface area contributed by atoms with Crippen LogP contribution in [0.2, 0.25) is 0 Å². The van der Waals surface area contributed by atoms with Gasteiger partial charge in [-0.3, -0.25) is 0 Å². The van der Waals surface area contributed by atoms with E-state index in [0.29, 0.717) is 5.56 Å².